The van der Waals surface area contributed by atoms with E-state index in [1.165, 1.54) is 12.1 Å². The SMILES string of the molecule is CN=C(NCCc1cc(OC)ccc1OC)NCc1ccc(OCC(F)(F)F)cc1. The molecule has 0 aromatic heterocycles. The van der Waals surface area contributed by atoms with Crippen LogP contribution in [0.2, 0.25) is 0 Å². The van der Waals surface area contributed by atoms with Crippen LogP contribution in [0.25, 0.3) is 0 Å². The predicted molar refractivity (Wildman–Crippen MR) is 109 cm³/mol. The molecule has 0 radical (unpaired) electrons. The van der Waals surface area contributed by atoms with Crippen LogP contribution in [0.1, 0.15) is 11.1 Å². The van der Waals surface area contributed by atoms with E-state index in [4.69, 9.17) is 14.2 Å². The van der Waals surface area contributed by atoms with E-state index in [-0.39, 0.29) is 5.75 Å². The van der Waals surface area contributed by atoms with Crippen molar-refractivity contribution in [2.24, 2.45) is 4.99 Å². The van der Waals surface area contributed by atoms with Gasteiger partial charge in [-0.05, 0) is 47.9 Å². The van der Waals surface area contributed by atoms with Gasteiger partial charge in [0.15, 0.2) is 12.6 Å². The Labute approximate surface area is 174 Å². The standard InChI is InChI=1S/C21H26F3N3O3/c1-25-20(26-11-10-16-12-18(28-2)8-9-19(16)29-3)27-13-15-4-6-17(7-5-15)30-14-21(22,23)24/h4-9,12H,10-11,13-14H2,1-3H3,(H2,25,26,27). The van der Waals surface area contributed by atoms with Gasteiger partial charge in [-0.15, -0.1) is 0 Å². The first kappa shape index (κ1) is 23.2. The van der Waals surface area contributed by atoms with Crippen molar-refractivity contribution in [3.8, 4) is 17.2 Å². The molecule has 2 aromatic rings. The second-order valence-corrected chi connectivity index (χ2v) is 6.33. The third kappa shape index (κ3) is 7.73. The van der Waals surface area contributed by atoms with Gasteiger partial charge in [0.1, 0.15) is 17.2 Å². The summed E-state index contributed by atoms with van der Waals surface area (Å²) < 4.78 is 51.9. The molecule has 0 aliphatic rings. The summed E-state index contributed by atoms with van der Waals surface area (Å²) in [6.45, 7) is -0.228. The summed E-state index contributed by atoms with van der Waals surface area (Å²) in [4.78, 5) is 4.17. The van der Waals surface area contributed by atoms with Gasteiger partial charge in [0.05, 0.1) is 14.2 Å². The number of halogens is 3. The first-order chi connectivity index (χ1) is 14.3. The average molecular weight is 425 g/mol. The second kappa shape index (κ2) is 11.2. The molecule has 0 unspecified atom stereocenters. The summed E-state index contributed by atoms with van der Waals surface area (Å²) in [7, 11) is 4.90. The summed E-state index contributed by atoms with van der Waals surface area (Å²) in [5, 5.41) is 6.38. The number of hydrogen-bond donors (Lipinski definition) is 2. The lowest BCUT2D eigenvalue weighted by molar-refractivity contribution is -0.153. The lowest BCUT2D eigenvalue weighted by Gasteiger charge is -2.14. The molecule has 9 heteroatoms. The monoisotopic (exact) mass is 425 g/mol. The van der Waals surface area contributed by atoms with E-state index in [0.717, 1.165) is 22.6 Å². The predicted octanol–water partition coefficient (Wildman–Crippen LogP) is 3.55. The fraction of sp³-hybridized carbons (Fsp3) is 0.381. The van der Waals surface area contributed by atoms with Crippen LogP contribution in [0.3, 0.4) is 0 Å². The quantitative estimate of drug-likeness (QED) is 0.475. The number of nitrogens with one attached hydrogen (secondary N) is 2. The van der Waals surface area contributed by atoms with E-state index in [0.29, 0.717) is 25.5 Å². The third-order valence-corrected chi connectivity index (χ3v) is 4.18. The van der Waals surface area contributed by atoms with E-state index >= 15 is 0 Å². The highest BCUT2D eigenvalue weighted by Gasteiger charge is 2.28. The van der Waals surface area contributed by atoms with Crippen molar-refractivity contribution in [3.63, 3.8) is 0 Å². The largest absolute Gasteiger partial charge is 0.497 e. The third-order valence-electron chi connectivity index (χ3n) is 4.18. The van der Waals surface area contributed by atoms with Crippen molar-refractivity contribution in [1.82, 2.24) is 10.6 Å². The minimum atomic E-state index is -4.35. The van der Waals surface area contributed by atoms with E-state index < -0.39 is 12.8 Å². The van der Waals surface area contributed by atoms with Crippen LogP contribution >= 0.6 is 0 Å². The van der Waals surface area contributed by atoms with Crippen LogP contribution in [0, 0.1) is 0 Å². The fourth-order valence-corrected chi connectivity index (χ4v) is 2.67. The van der Waals surface area contributed by atoms with Crippen molar-refractivity contribution in [1.29, 1.82) is 0 Å². The van der Waals surface area contributed by atoms with E-state index in [1.807, 2.05) is 18.2 Å². The molecule has 0 bridgehead atoms. The minimum Gasteiger partial charge on any atom is -0.497 e. The second-order valence-electron chi connectivity index (χ2n) is 6.33. The van der Waals surface area contributed by atoms with Gasteiger partial charge in [-0.2, -0.15) is 13.2 Å². The zero-order valence-electron chi connectivity index (χ0n) is 17.2. The van der Waals surface area contributed by atoms with Gasteiger partial charge in [0, 0.05) is 20.1 Å². The van der Waals surface area contributed by atoms with Crippen molar-refractivity contribution >= 4 is 5.96 Å². The van der Waals surface area contributed by atoms with Gasteiger partial charge in [-0.3, -0.25) is 4.99 Å². The number of rotatable bonds is 9. The van der Waals surface area contributed by atoms with E-state index in [1.54, 1.807) is 33.4 Å². The summed E-state index contributed by atoms with van der Waals surface area (Å²) in [5.74, 6) is 2.32. The number of aliphatic imine (C=N–C) groups is 1. The minimum absolute atomic E-state index is 0.172. The zero-order chi connectivity index (χ0) is 22.0. The van der Waals surface area contributed by atoms with Crippen molar-refractivity contribution in [2.45, 2.75) is 19.1 Å². The van der Waals surface area contributed by atoms with Crippen molar-refractivity contribution < 1.29 is 27.4 Å². The molecule has 164 valence electrons. The average Bonchev–Trinajstić information content (AvgIpc) is 2.74. The molecular formula is C21H26F3N3O3. The first-order valence-corrected chi connectivity index (χ1v) is 9.28. The molecule has 0 spiro atoms. The Balaban J connectivity index is 1.81. The Morgan fingerprint density at radius 3 is 2.27 bits per heavy atom. The molecule has 2 rings (SSSR count). The summed E-state index contributed by atoms with van der Waals surface area (Å²) in [5.41, 5.74) is 1.89. The molecule has 0 heterocycles. The van der Waals surface area contributed by atoms with Gasteiger partial charge in [-0.1, -0.05) is 12.1 Å². The lowest BCUT2D eigenvalue weighted by atomic mass is 10.1. The molecule has 0 atom stereocenters. The highest BCUT2D eigenvalue weighted by Crippen LogP contribution is 2.24. The lowest BCUT2D eigenvalue weighted by Crippen LogP contribution is -2.37. The van der Waals surface area contributed by atoms with Crippen LogP contribution < -0.4 is 24.8 Å². The fourth-order valence-electron chi connectivity index (χ4n) is 2.67. The molecule has 2 N–H and O–H groups in total. The van der Waals surface area contributed by atoms with Crippen LogP contribution in [0.4, 0.5) is 13.2 Å². The Bertz CT molecular complexity index is 824. The molecule has 6 nitrogen and oxygen atoms in total. The van der Waals surface area contributed by atoms with Gasteiger partial charge in [0.25, 0.3) is 0 Å². The van der Waals surface area contributed by atoms with Crippen molar-refractivity contribution in [2.75, 3.05) is 34.4 Å². The maximum atomic E-state index is 12.2. The molecule has 0 saturated carbocycles. The Kier molecular flexibility index (Phi) is 8.64. The smallest absolute Gasteiger partial charge is 0.422 e. The number of guanidine groups is 1. The molecule has 30 heavy (non-hydrogen) atoms. The van der Waals surface area contributed by atoms with Crippen LogP contribution in [0.5, 0.6) is 17.2 Å². The van der Waals surface area contributed by atoms with Crippen LogP contribution in [0.15, 0.2) is 47.5 Å². The molecule has 0 fully saturated rings. The number of alkyl halides is 3. The number of hydrogen-bond acceptors (Lipinski definition) is 4. The Hall–Kier alpha value is -3.10. The summed E-state index contributed by atoms with van der Waals surface area (Å²) >= 11 is 0. The van der Waals surface area contributed by atoms with Gasteiger partial charge < -0.3 is 24.8 Å². The maximum absolute atomic E-state index is 12.2. The number of nitrogens with zero attached hydrogens (tertiary/aromatic N) is 1. The highest BCUT2D eigenvalue weighted by molar-refractivity contribution is 5.79. The first-order valence-electron chi connectivity index (χ1n) is 9.28. The molecule has 0 aliphatic carbocycles. The summed E-state index contributed by atoms with van der Waals surface area (Å²) in [6, 6.07) is 12.1. The van der Waals surface area contributed by atoms with E-state index in [9.17, 15) is 13.2 Å². The zero-order valence-corrected chi connectivity index (χ0v) is 17.2. The van der Waals surface area contributed by atoms with E-state index in [2.05, 4.69) is 15.6 Å². The Morgan fingerprint density at radius 1 is 0.967 bits per heavy atom. The van der Waals surface area contributed by atoms with Crippen molar-refractivity contribution in [3.05, 3.63) is 53.6 Å². The molecule has 0 aliphatic heterocycles. The Morgan fingerprint density at radius 2 is 1.67 bits per heavy atom. The summed E-state index contributed by atoms with van der Waals surface area (Å²) in [6.07, 6.45) is -3.65. The van der Waals surface area contributed by atoms with Gasteiger partial charge in [0.2, 0.25) is 0 Å². The number of methoxy groups -OCH3 is 2. The molecular weight excluding hydrogens is 399 g/mol. The molecule has 2 aromatic carbocycles. The number of benzene rings is 2. The van der Waals surface area contributed by atoms with Crippen LogP contribution in [-0.2, 0) is 13.0 Å². The normalized spacial score (nSPS) is 11.7. The topological polar surface area (TPSA) is 64.1 Å². The highest BCUT2D eigenvalue weighted by atomic mass is 19.4. The van der Waals surface area contributed by atoms with Crippen LogP contribution in [-0.4, -0.2) is 46.6 Å². The molecule has 0 amide bonds. The van der Waals surface area contributed by atoms with Gasteiger partial charge in [-0.25, -0.2) is 0 Å². The van der Waals surface area contributed by atoms with Gasteiger partial charge >= 0.3 is 6.18 Å². The molecule has 0 saturated heterocycles. The maximum Gasteiger partial charge on any atom is 0.422 e. The number of ether oxygens (including phenoxy) is 3.